The summed E-state index contributed by atoms with van der Waals surface area (Å²) in [6.07, 6.45) is 2.90. The van der Waals surface area contributed by atoms with E-state index in [0.717, 1.165) is 42.6 Å². The van der Waals surface area contributed by atoms with Gasteiger partial charge < -0.3 is 14.6 Å². The molecule has 1 saturated heterocycles. The van der Waals surface area contributed by atoms with E-state index in [-0.39, 0.29) is 5.91 Å². The van der Waals surface area contributed by atoms with Gasteiger partial charge in [-0.2, -0.15) is 0 Å². The van der Waals surface area contributed by atoms with Crippen LogP contribution in [-0.4, -0.2) is 42.6 Å². The van der Waals surface area contributed by atoms with E-state index in [1.54, 1.807) is 7.11 Å². The normalized spacial score (nSPS) is 19.2. The van der Waals surface area contributed by atoms with E-state index in [9.17, 15) is 4.79 Å². The third-order valence-corrected chi connectivity index (χ3v) is 3.79. The van der Waals surface area contributed by atoms with Crippen LogP contribution in [0, 0.1) is 5.92 Å². The van der Waals surface area contributed by atoms with Crippen LogP contribution in [0.25, 0.3) is 10.9 Å². The van der Waals surface area contributed by atoms with Gasteiger partial charge in [0.2, 0.25) is 0 Å². The van der Waals surface area contributed by atoms with Crippen molar-refractivity contribution in [2.24, 2.45) is 5.92 Å². The number of ether oxygens (including phenoxy) is 1. The van der Waals surface area contributed by atoms with E-state index in [2.05, 4.69) is 4.98 Å². The van der Waals surface area contributed by atoms with Crippen molar-refractivity contribution in [3.8, 4) is 0 Å². The molecule has 0 spiro atoms. The van der Waals surface area contributed by atoms with Crippen molar-refractivity contribution < 1.29 is 9.53 Å². The number of fused-ring (bicyclic) bond motifs is 1. The van der Waals surface area contributed by atoms with E-state index in [0.29, 0.717) is 5.92 Å². The highest BCUT2D eigenvalue weighted by atomic mass is 16.5. The van der Waals surface area contributed by atoms with Crippen molar-refractivity contribution in [1.29, 1.82) is 0 Å². The SMILES string of the molecule is COCC1CCN(C(=O)c2cccc3cc[nH]c23)C1. The van der Waals surface area contributed by atoms with Gasteiger partial charge >= 0.3 is 0 Å². The molecule has 1 N–H and O–H groups in total. The Labute approximate surface area is 112 Å². The summed E-state index contributed by atoms with van der Waals surface area (Å²) in [6, 6.07) is 7.83. The quantitative estimate of drug-likeness (QED) is 0.918. The fourth-order valence-electron chi connectivity index (χ4n) is 2.82. The molecule has 0 bridgehead atoms. The fourth-order valence-corrected chi connectivity index (χ4v) is 2.82. The molecule has 1 unspecified atom stereocenters. The smallest absolute Gasteiger partial charge is 0.255 e. The lowest BCUT2D eigenvalue weighted by molar-refractivity contribution is 0.0777. The summed E-state index contributed by atoms with van der Waals surface area (Å²) in [6.45, 7) is 2.35. The third kappa shape index (κ3) is 2.24. The summed E-state index contributed by atoms with van der Waals surface area (Å²) < 4.78 is 5.17. The minimum absolute atomic E-state index is 0.117. The van der Waals surface area contributed by atoms with Gasteiger partial charge in [0.15, 0.2) is 0 Å². The van der Waals surface area contributed by atoms with Crippen LogP contribution in [0.3, 0.4) is 0 Å². The van der Waals surface area contributed by atoms with Gasteiger partial charge in [0.1, 0.15) is 0 Å². The van der Waals surface area contributed by atoms with Crippen LogP contribution < -0.4 is 0 Å². The molecular weight excluding hydrogens is 240 g/mol. The number of H-pyrrole nitrogens is 1. The number of methoxy groups -OCH3 is 1. The summed E-state index contributed by atoms with van der Waals surface area (Å²) in [5, 5.41) is 1.08. The molecule has 1 aromatic heterocycles. The van der Waals surface area contributed by atoms with Gasteiger partial charge in [-0.3, -0.25) is 4.79 Å². The molecule has 0 aliphatic carbocycles. The van der Waals surface area contributed by atoms with Crippen LogP contribution in [0.1, 0.15) is 16.8 Å². The molecule has 1 atom stereocenters. The minimum Gasteiger partial charge on any atom is -0.384 e. The van der Waals surface area contributed by atoms with E-state index in [4.69, 9.17) is 4.74 Å². The van der Waals surface area contributed by atoms with Gasteiger partial charge in [-0.05, 0) is 18.6 Å². The monoisotopic (exact) mass is 258 g/mol. The summed E-state index contributed by atoms with van der Waals surface area (Å²) in [5.41, 5.74) is 1.70. The summed E-state index contributed by atoms with van der Waals surface area (Å²) >= 11 is 0. The molecule has 100 valence electrons. The van der Waals surface area contributed by atoms with Gasteiger partial charge in [-0.15, -0.1) is 0 Å². The van der Waals surface area contributed by atoms with Crippen LogP contribution in [0.5, 0.6) is 0 Å². The molecule has 3 rings (SSSR count). The zero-order valence-corrected chi connectivity index (χ0v) is 11.1. The number of para-hydroxylation sites is 1. The molecular formula is C15H18N2O2. The average molecular weight is 258 g/mol. The Morgan fingerprint density at radius 2 is 2.37 bits per heavy atom. The molecule has 4 heteroatoms. The van der Waals surface area contributed by atoms with Gasteiger partial charge in [0.05, 0.1) is 17.7 Å². The van der Waals surface area contributed by atoms with E-state index >= 15 is 0 Å². The fraction of sp³-hybridized carbons (Fsp3) is 0.400. The molecule has 1 aliphatic rings. The number of hydrogen-bond acceptors (Lipinski definition) is 2. The minimum atomic E-state index is 0.117. The highest BCUT2D eigenvalue weighted by Crippen LogP contribution is 2.23. The second-order valence-electron chi connectivity index (χ2n) is 5.11. The van der Waals surface area contributed by atoms with Crippen molar-refractivity contribution in [2.75, 3.05) is 26.8 Å². The van der Waals surface area contributed by atoms with E-state index < -0.39 is 0 Å². The number of aromatic nitrogens is 1. The summed E-state index contributed by atoms with van der Waals surface area (Å²) in [4.78, 5) is 17.7. The number of nitrogens with zero attached hydrogens (tertiary/aromatic N) is 1. The number of nitrogens with one attached hydrogen (secondary N) is 1. The Balaban J connectivity index is 1.83. The molecule has 1 amide bonds. The van der Waals surface area contributed by atoms with Crippen LogP contribution in [0.15, 0.2) is 30.5 Å². The molecule has 2 heterocycles. The molecule has 19 heavy (non-hydrogen) atoms. The topological polar surface area (TPSA) is 45.3 Å². The third-order valence-electron chi connectivity index (χ3n) is 3.79. The first-order valence-electron chi connectivity index (χ1n) is 6.64. The van der Waals surface area contributed by atoms with Gasteiger partial charge in [-0.1, -0.05) is 12.1 Å². The Morgan fingerprint density at radius 1 is 1.47 bits per heavy atom. The van der Waals surface area contributed by atoms with Gasteiger partial charge in [0, 0.05) is 37.7 Å². The molecule has 2 aromatic rings. The molecule has 1 fully saturated rings. The lowest BCUT2D eigenvalue weighted by atomic mass is 10.1. The van der Waals surface area contributed by atoms with Gasteiger partial charge in [-0.25, -0.2) is 0 Å². The van der Waals surface area contributed by atoms with Crippen LogP contribution in [-0.2, 0) is 4.74 Å². The Kier molecular flexibility index (Phi) is 3.25. The largest absolute Gasteiger partial charge is 0.384 e. The first-order chi connectivity index (χ1) is 9.29. The van der Waals surface area contributed by atoms with Gasteiger partial charge in [0.25, 0.3) is 5.91 Å². The van der Waals surface area contributed by atoms with Crippen molar-refractivity contribution in [3.63, 3.8) is 0 Å². The number of carbonyl (C=O) groups is 1. The predicted molar refractivity (Wildman–Crippen MR) is 74.2 cm³/mol. The summed E-state index contributed by atoms with van der Waals surface area (Å²) in [7, 11) is 1.71. The Hall–Kier alpha value is -1.81. The number of rotatable bonds is 3. The molecule has 0 radical (unpaired) electrons. The number of amides is 1. The zero-order chi connectivity index (χ0) is 13.2. The van der Waals surface area contributed by atoms with Crippen molar-refractivity contribution in [3.05, 3.63) is 36.0 Å². The molecule has 0 saturated carbocycles. The highest BCUT2D eigenvalue weighted by molar-refractivity contribution is 6.05. The van der Waals surface area contributed by atoms with E-state index in [1.165, 1.54) is 0 Å². The second-order valence-corrected chi connectivity index (χ2v) is 5.11. The predicted octanol–water partition coefficient (Wildman–Crippen LogP) is 2.28. The number of likely N-dealkylation sites (tertiary alicyclic amines) is 1. The first kappa shape index (κ1) is 12.2. The molecule has 1 aromatic carbocycles. The Morgan fingerprint density at radius 3 is 3.21 bits per heavy atom. The second kappa shape index (κ2) is 5.05. The zero-order valence-electron chi connectivity index (χ0n) is 11.1. The van der Waals surface area contributed by atoms with Crippen molar-refractivity contribution >= 4 is 16.8 Å². The summed E-state index contributed by atoms with van der Waals surface area (Å²) in [5.74, 6) is 0.587. The molecule has 1 aliphatic heterocycles. The molecule has 4 nitrogen and oxygen atoms in total. The number of benzene rings is 1. The highest BCUT2D eigenvalue weighted by Gasteiger charge is 2.27. The standard InChI is InChI=1S/C15H18N2O2/c1-19-10-11-6-8-17(9-11)15(18)13-4-2-3-12-5-7-16-14(12)13/h2-5,7,11,16H,6,8-10H2,1H3. The first-order valence-corrected chi connectivity index (χ1v) is 6.64. The van der Waals surface area contributed by atoms with Crippen LogP contribution in [0.2, 0.25) is 0 Å². The van der Waals surface area contributed by atoms with Crippen LogP contribution in [0.4, 0.5) is 0 Å². The number of hydrogen-bond donors (Lipinski definition) is 1. The maximum atomic E-state index is 12.6. The average Bonchev–Trinajstić information content (AvgIpc) is 3.06. The number of carbonyl (C=O) groups excluding carboxylic acids is 1. The van der Waals surface area contributed by atoms with Crippen molar-refractivity contribution in [2.45, 2.75) is 6.42 Å². The Bertz CT molecular complexity index is 591. The lowest BCUT2D eigenvalue weighted by Gasteiger charge is -2.17. The maximum Gasteiger partial charge on any atom is 0.255 e. The maximum absolute atomic E-state index is 12.6. The van der Waals surface area contributed by atoms with Crippen LogP contribution >= 0.6 is 0 Å². The van der Waals surface area contributed by atoms with Crippen molar-refractivity contribution in [1.82, 2.24) is 9.88 Å². The van der Waals surface area contributed by atoms with E-state index in [1.807, 2.05) is 35.4 Å². The lowest BCUT2D eigenvalue weighted by Crippen LogP contribution is -2.29. The number of aromatic amines is 1.